The highest BCUT2D eigenvalue weighted by Crippen LogP contribution is 2.40. The average Bonchev–Trinajstić information content (AvgIpc) is 3.12. The summed E-state index contributed by atoms with van der Waals surface area (Å²) in [5.74, 6) is 0.493. The molecule has 10 heteroatoms. The molecule has 0 bridgehead atoms. The lowest BCUT2D eigenvalue weighted by atomic mass is 10.1. The van der Waals surface area contributed by atoms with E-state index in [1.807, 2.05) is 0 Å². The van der Waals surface area contributed by atoms with E-state index < -0.39 is 16.1 Å². The molecule has 3 heterocycles. The van der Waals surface area contributed by atoms with Gasteiger partial charge < -0.3 is 4.52 Å². The Morgan fingerprint density at radius 3 is 2.50 bits per heavy atom. The highest BCUT2D eigenvalue weighted by Gasteiger charge is 2.40. The number of piperidine rings is 1. The predicted octanol–water partition coefficient (Wildman–Crippen LogP) is 0.953. The van der Waals surface area contributed by atoms with Gasteiger partial charge >= 0.3 is 0 Å². The van der Waals surface area contributed by atoms with Crippen molar-refractivity contribution in [1.29, 1.82) is 0 Å². The quantitative estimate of drug-likeness (QED) is 0.673. The summed E-state index contributed by atoms with van der Waals surface area (Å²) in [6, 6.07) is -0.451. The van der Waals surface area contributed by atoms with Gasteiger partial charge in [-0.3, -0.25) is 14.5 Å². The number of amides is 2. The Morgan fingerprint density at radius 2 is 1.81 bits per heavy atom. The van der Waals surface area contributed by atoms with E-state index in [-0.39, 0.29) is 24.1 Å². The fourth-order valence-corrected chi connectivity index (χ4v) is 5.22. The topological polar surface area (TPSA) is 114 Å². The molecule has 2 saturated heterocycles. The SMILES string of the molecule is O=C1CCCC(=O)N1CCS(=O)(=O)N1CCCC1c1nc(C2CC2)no1. The normalized spacial score (nSPS) is 25.2. The fraction of sp³-hybridized carbons (Fsp3) is 0.750. The number of imide groups is 1. The highest BCUT2D eigenvalue weighted by atomic mass is 32.2. The molecule has 1 aromatic heterocycles. The zero-order valence-corrected chi connectivity index (χ0v) is 15.3. The molecule has 0 spiro atoms. The van der Waals surface area contributed by atoms with Gasteiger partial charge in [-0.25, -0.2) is 8.42 Å². The second-order valence-electron chi connectivity index (χ2n) is 7.14. The summed E-state index contributed by atoms with van der Waals surface area (Å²) in [4.78, 5) is 29.2. The van der Waals surface area contributed by atoms with Crippen LogP contribution in [0.25, 0.3) is 0 Å². The van der Waals surface area contributed by atoms with Crippen LogP contribution in [0.5, 0.6) is 0 Å². The summed E-state index contributed by atoms with van der Waals surface area (Å²) in [6.07, 6.45) is 4.57. The highest BCUT2D eigenvalue weighted by molar-refractivity contribution is 7.89. The molecule has 0 radical (unpaired) electrons. The van der Waals surface area contributed by atoms with Gasteiger partial charge in [0.05, 0.1) is 5.75 Å². The molecule has 1 unspecified atom stereocenters. The molecule has 26 heavy (non-hydrogen) atoms. The monoisotopic (exact) mass is 382 g/mol. The number of aromatic nitrogens is 2. The zero-order valence-electron chi connectivity index (χ0n) is 14.5. The van der Waals surface area contributed by atoms with Crippen LogP contribution < -0.4 is 0 Å². The second kappa shape index (κ2) is 6.73. The van der Waals surface area contributed by atoms with Crippen LogP contribution in [0.4, 0.5) is 0 Å². The molecule has 4 rings (SSSR count). The van der Waals surface area contributed by atoms with Crippen molar-refractivity contribution in [3.05, 3.63) is 11.7 Å². The van der Waals surface area contributed by atoms with Crippen LogP contribution >= 0.6 is 0 Å². The van der Waals surface area contributed by atoms with E-state index in [0.717, 1.165) is 17.7 Å². The van der Waals surface area contributed by atoms with E-state index in [4.69, 9.17) is 4.52 Å². The minimum Gasteiger partial charge on any atom is -0.338 e. The van der Waals surface area contributed by atoms with Gasteiger partial charge in [0.15, 0.2) is 5.82 Å². The first-order valence-electron chi connectivity index (χ1n) is 9.12. The molecule has 0 N–H and O–H groups in total. The van der Waals surface area contributed by atoms with Gasteiger partial charge in [0.1, 0.15) is 6.04 Å². The van der Waals surface area contributed by atoms with Crippen molar-refractivity contribution in [2.75, 3.05) is 18.8 Å². The average molecular weight is 382 g/mol. The Labute approximate surface area is 151 Å². The third kappa shape index (κ3) is 3.39. The smallest absolute Gasteiger partial charge is 0.245 e. The minimum atomic E-state index is -3.64. The van der Waals surface area contributed by atoms with Gasteiger partial charge in [-0.1, -0.05) is 5.16 Å². The van der Waals surface area contributed by atoms with Crippen molar-refractivity contribution >= 4 is 21.8 Å². The van der Waals surface area contributed by atoms with E-state index in [1.54, 1.807) is 0 Å². The summed E-state index contributed by atoms with van der Waals surface area (Å²) in [7, 11) is -3.64. The Balaban J connectivity index is 1.45. The molecule has 1 atom stereocenters. The number of hydrogen-bond acceptors (Lipinski definition) is 7. The number of carbonyl (C=O) groups excluding carboxylic acids is 2. The summed E-state index contributed by atoms with van der Waals surface area (Å²) in [5.41, 5.74) is 0. The summed E-state index contributed by atoms with van der Waals surface area (Å²) in [5, 5.41) is 3.97. The Hall–Kier alpha value is -1.81. The summed E-state index contributed by atoms with van der Waals surface area (Å²) >= 11 is 0. The van der Waals surface area contributed by atoms with Gasteiger partial charge in [0, 0.05) is 31.8 Å². The lowest BCUT2D eigenvalue weighted by Gasteiger charge is -2.26. The maximum atomic E-state index is 12.8. The number of likely N-dealkylation sites (tertiary alicyclic amines) is 1. The van der Waals surface area contributed by atoms with Crippen LogP contribution in [0.2, 0.25) is 0 Å². The third-order valence-corrected chi connectivity index (χ3v) is 7.05. The van der Waals surface area contributed by atoms with Crippen LogP contribution in [-0.2, 0) is 19.6 Å². The van der Waals surface area contributed by atoms with Crippen molar-refractivity contribution < 1.29 is 22.5 Å². The van der Waals surface area contributed by atoms with E-state index in [2.05, 4.69) is 10.1 Å². The Bertz CT molecular complexity index is 800. The lowest BCUT2D eigenvalue weighted by molar-refractivity contribution is -0.147. The molecule has 3 fully saturated rings. The van der Waals surface area contributed by atoms with Crippen LogP contribution in [-0.4, -0.2) is 58.4 Å². The van der Waals surface area contributed by atoms with Crippen LogP contribution in [0.15, 0.2) is 4.52 Å². The first-order valence-corrected chi connectivity index (χ1v) is 10.7. The number of carbonyl (C=O) groups is 2. The number of nitrogens with zero attached hydrogens (tertiary/aromatic N) is 4. The molecule has 142 valence electrons. The first kappa shape index (κ1) is 17.6. The van der Waals surface area contributed by atoms with Gasteiger partial charge in [0.25, 0.3) is 0 Å². The third-order valence-electron chi connectivity index (χ3n) is 5.20. The molecule has 0 aromatic carbocycles. The standard InChI is InChI=1S/C16H22N4O5S/c21-13-4-1-5-14(22)19(13)9-10-26(23,24)20-8-2-3-12(20)16-17-15(18-25-16)11-6-7-11/h11-12H,1-10H2. The van der Waals surface area contributed by atoms with E-state index in [1.165, 1.54) is 4.31 Å². The van der Waals surface area contributed by atoms with Gasteiger partial charge in [-0.2, -0.15) is 9.29 Å². The molecule has 2 aliphatic heterocycles. The largest absolute Gasteiger partial charge is 0.338 e. The Morgan fingerprint density at radius 1 is 1.08 bits per heavy atom. The fourth-order valence-electron chi connectivity index (χ4n) is 3.58. The molecule has 2 amide bonds. The lowest BCUT2D eigenvalue weighted by Crippen LogP contribution is -2.44. The molecule has 1 aromatic rings. The van der Waals surface area contributed by atoms with E-state index in [9.17, 15) is 18.0 Å². The molecule has 9 nitrogen and oxygen atoms in total. The van der Waals surface area contributed by atoms with E-state index >= 15 is 0 Å². The van der Waals surface area contributed by atoms with Crippen LogP contribution in [0, 0.1) is 0 Å². The molecule has 3 aliphatic rings. The van der Waals surface area contributed by atoms with Crippen molar-refractivity contribution in [3.8, 4) is 0 Å². The zero-order chi connectivity index (χ0) is 18.3. The number of hydrogen-bond donors (Lipinski definition) is 0. The molecular weight excluding hydrogens is 360 g/mol. The maximum absolute atomic E-state index is 12.8. The van der Waals surface area contributed by atoms with Crippen molar-refractivity contribution in [3.63, 3.8) is 0 Å². The van der Waals surface area contributed by atoms with E-state index in [0.29, 0.717) is 56.3 Å². The predicted molar refractivity (Wildman–Crippen MR) is 89.3 cm³/mol. The molecular formula is C16H22N4O5S. The summed E-state index contributed by atoms with van der Waals surface area (Å²) in [6.45, 7) is 0.288. The minimum absolute atomic E-state index is 0.0968. The van der Waals surface area contributed by atoms with Crippen LogP contribution in [0.1, 0.15) is 68.6 Å². The molecule has 1 saturated carbocycles. The number of sulfonamides is 1. The number of rotatable bonds is 6. The Kier molecular flexibility index (Phi) is 4.55. The van der Waals surface area contributed by atoms with Crippen molar-refractivity contribution in [2.24, 2.45) is 0 Å². The van der Waals surface area contributed by atoms with Crippen LogP contribution in [0.3, 0.4) is 0 Å². The van der Waals surface area contributed by atoms with Gasteiger partial charge in [-0.05, 0) is 32.1 Å². The van der Waals surface area contributed by atoms with Gasteiger partial charge in [-0.15, -0.1) is 0 Å². The van der Waals surface area contributed by atoms with Crippen molar-refractivity contribution in [2.45, 2.75) is 56.9 Å². The first-order chi connectivity index (χ1) is 12.5. The molecule has 1 aliphatic carbocycles. The second-order valence-corrected chi connectivity index (χ2v) is 9.18. The van der Waals surface area contributed by atoms with Crippen molar-refractivity contribution in [1.82, 2.24) is 19.3 Å². The summed E-state index contributed by atoms with van der Waals surface area (Å²) < 4.78 is 32.3. The van der Waals surface area contributed by atoms with Gasteiger partial charge in [0.2, 0.25) is 27.7 Å². The maximum Gasteiger partial charge on any atom is 0.245 e.